The van der Waals surface area contributed by atoms with Crippen molar-refractivity contribution in [3.63, 3.8) is 0 Å². The number of guanidine groups is 1. The highest BCUT2D eigenvalue weighted by Gasteiger charge is 2.12. The Morgan fingerprint density at radius 1 is 1.11 bits per heavy atom. The number of piperidine rings is 1. The van der Waals surface area contributed by atoms with E-state index in [1.54, 1.807) is 19.2 Å². The second kappa shape index (κ2) is 9.90. The van der Waals surface area contributed by atoms with Crippen LogP contribution in [0.4, 0.5) is 10.2 Å². The van der Waals surface area contributed by atoms with Crippen molar-refractivity contribution in [1.82, 2.24) is 15.6 Å². The standard InChI is InChI=1S/C21H28FN5/c1-23-21(25-11-8-17-6-5-7-19(22)14-17)26-16-18-9-10-24-20(15-18)27-12-3-2-4-13-27/h5-7,9-10,14-15H,2-4,8,11-13,16H2,1H3,(H2,23,25,26). The Bertz CT molecular complexity index is 756. The second-order valence-electron chi connectivity index (χ2n) is 6.80. The van der Waals surface area contributed by atoms with E-state index in [1.165, 1.54) is 30.9 Å². The third-order valence-corrected chi connectivity index (χ3v) is 4.77. The molecular weight excluding hydrogens is 341 g/mol. The van der Waals surface area contributed by atoms with Gasteiger partial charge in [-0.1, -0.05) is 12.1 Å². The first-order valence-electron chi connectivity index (χ1n) is 9.63. The number of aromatic nitrogens is 1. The molecular formula is C21H28FN5. The molecule has 0 radical (unpaired) electrons. The summed E-state index contributed by atoms with van der Waals surface area (Å²) in [6.07, 6.45) is 6.42. The molecule has 0 spiro atoms. The van der Waals surface area contributed by atoms with E-state index in [1.807, 2.05) is 18.3 Å². The highest BCUT2D eigenvalue weighted by molar-refractivity contribution is 5.79. The van der Waals surface area contributed by atoms with Gasteiger partial charge in [0.15, 0.2) is 5.96 Å². The number of pyridine rings is 1. The first-order chi connectivity index (χ1) is 13.2. The van der Waals surface area contributed by atoms with E-state index in [0.29, 0.717) is 13.1 Å². The molecule has 0 saturated carbocycles. The molecule has 0 amide bonds. The molecule has 2 aromatic rings. The number of hydrogen-bond donors (Lipinski definition) is 2. The van der Waals surface area contributed by atoms with Crippen molar-refractivity contribution < 1.29 is 4.39 Å². The van der Waals surface area contributed by atoms with Gasteiger partial charge in [0, 0.05) is 39.4 Å². The number of aliphatic imine (C=N–C) groups is 1. The molecule has 0 aliphatic carbocycles. The predicted octanol–water partition coefficient (Wildman–Crippen LogP) is 3.12. The van der Waals surface area contributed by atoms with Crippen LogP contribution in [0, 0.1) is 5.82 Å². The van der Waals surface area contributed by atoms with Crippen molar-refractivity contribution >= 4 is 11.8 Å². The minimum atomic E-state index is -0.197. The van der Waals surface area contributed by atoms with Crippen LogP contribution in [-0.4, -0.2) is 37.6 Å². The molecule has 6 heteroatoms. The van der Waals surface area contributed by atoms with E-state index in [-0.39, 0.29) is 5.82 Å². The minimum Gasteiger partial charge on any atom is -0.357 e. The lowest BCUT2D eigenvalue weighted by molar-refractivity contribution is 0.573. The molecule has 0 atom stereocenters. The van der Waals surface area contributed by atoms with E-state index in [9.17, 15) is 4.39 Å². The number of nitrogens with one attached hydrogen (secondary N) is 2. The van der Waals surface area contributed by atoms with Gasteiger partial charge in [0.2, 0.25) is 0 Å². The van der Waals surface area contributed by atoms with Crippen LogP contribution < -0.4 is 15.5 Å². The average Bonchev–Trinajstić information content (AvgIpc) is 2.71. The van der Waals surface area contributed by atoms with E-state index in [0.717, 1.165) is 36.9 Å². The third-order valence-electron chi connectivity index (χ3n) is 4.77. The summed E-state index contributed by atoms with van der Waals surface area (Å²) in [6, 6.07) is 10.9. The van der Waals surface area contributed by atoms with Gasteiger partial charge in [0.25, 0.3) is 0 Å². The largest absolute Gasteiger partial charge is 0.357 e. The highest BCUT2D eigenvalue weighted by atomic mass is 19.1. The fourth-order valence-electron chi connectivity index (χ4n) is 3.29. The first-order valence-corrected chi connectivity index (χ1v) is 9.63. The van der Waals surface area contributed by atoms with E-state index in [2.05, 4.69) is 31.6 Å². The van der Waals surface area contributed by atoms with Crippen LogP contribution in [0.15, 0.2) is 47.6 Å². The molecule has 1 aromatic carbocycles. The van der Waals surface area contributed by atoms with Crippen LogP contribution in [-0.2, 0) is 13.0 Å². The van der Waals surface area contributed by atoms with Gasteiger partial charge in [-0.3, -0.25) is 4.99 Å². The monoisotopic (exact) mass is 369 g/mol. The number of halogens is 1. The lowest BCUT2D eigenvalue weighted by Gasteiger charge is -2.28. The van der Waals surface area contributed by atoms with Gasteiger partial charge in [-0.15, -0.1) is 0 Å². The van der Waals surface area contributed by atoms with Crippen LogP contribution in [0.2, 0.25) is 0 Å². The minimum absolute atomic E-state index is 0.197. The van der Waals surface area contributed by atoms with Crippen molar-refractivity contribution in [1.29, 1.82) is 0 Å². The summed E-state index contributed by atoms with van der Waals surface area (Å²) in [7, 11) is 1.75. The Hall–Kier alpha value is -2.63. The molecule has 1 fully saturated rings. The van der Waals surface area contributed by atoms with Crippen molar-refractivity contribution in [3.8, 4) is 0 Å². The Morgan fingerprint density at radius 2 is 1.96 bits per heavy atom. The Labute approximate surface area is 160 Å². The van der Waals surface area contributed by atoms with Crippen molar-refractivity contribution in [2.75, 3.05) is 31.6 Å². The van der Waals surface area contributed by atoms with E-state index >= 15 is 0 Å². The number of benzene rings is 1. The molecule has 27 heavy (non-hydrogen) atoms. The summed E-state index contributed by atoms with van der Waals surface area (Å²) in [4.78, 5) is 11.1. The maximum absolute atomic E-state index is 13.2. The third kappa shape index (κ3) is 5.94. The van der Waals surface area contributed by atoms with Crippen molar-refractivity contribution in [2.24, 2.45) is 4.99 Å². The van der Waals surface area contributed by atoms with Crippen LogP contribution in [0.5, 0.6) is 0 Å². The number of hydrogen-bond acceptors (Lipinski definition) is 3. The molecule has 0 unspecified atom stereocenters. The maximum atomic E-state index is 13.2. The molecule has 1 aromatic heterocycles. The van der Waals surface area contributed by atoms with Crippen molar-refractivity contribution in [2.45, 2.75) is 32.2 Å². The summed E-state index contributed by atoms with van der Waals surface area (Å²) in [6.45, 7) is 3.56. The Balaban J connectivity index is 1.47. The SMILES string of the molecule is CN=C(NCCc1cccc(F)c1)NCc1ccnc(N2CCCCC2)c1. The second-order valence-corrected chi connectivity index (χ2v) is 6.80. The zero-order valence-electron chi connectivity index (χ0n) is 15.9. The molecule has 5 nitrogen and oxygen atoms in total. The van der Waals surface area contributed by atoms with Gasteiger partial charge in [-0.25, -0.2) is 9.37 Å². The van der Waals surface area contributed by atoms with Gasteiger partial charge >= 0.3 is 0 Å². The van der Waals surface area contributed by atoms with Crippen molar-refractivity contribution in [3.05, 3.63) is 59.5 Å². The van der Waals surface area contributed by atoms with Crippen LogP contribution in [0.25, 0.3) is 0 Å². The van der Waals surface area contributed by atoms with E-state index in [4.69, 9.17) is 0 Å². The lowest BCUT2D eigenvalue weighted by Crippen LogP contribution is -2.38. The van der Waals surface area contributed by atoms with Crippen LogP contribution in [0.1, 0.15) is 30.4 Å². The summed E-state index contributed by atoms with van der Waals surface area (Å²) < 4.78 is 13.2. The molecule has 0 bridgehead atoms. The first kappa shape index (κ1) is 19.1. The smallest absolute Gasteiger partial charge is 0.191 e. The normalized spacial score (nSPS) is 14.9. The van der Waals surface area contributed by atoms with Gasteiger partial charge in [-0.2, -0.15) is 0 Å². The molecule has 1 aliphatic rings. The highest BCUT2D eigenvalue weighted by Crippen LogP contribution is 2.18. The van der Waals surface area contributed by atoms with E-state index < -0.39 is 0 Å². The topological polar surface area (TPSA) is 52.6 Å². The van der Waals surface area contributed by atoms with Gasteiger partial charge < -0.3 is 15.5 Å². The summed E-state index contributed by atoms with van der Waals surface area (Å²) >= 11 is 0. The number of anilines is 1. The molecule has 2 N–H and O–H groups in total. The van der Waals surface area contributed by atoms with Crippen LogP contribution >= 0.6 is 0 Å². The molecule has 1 saturated heterocycles. The number of nitrogens with zero attached hydrogens (tertiary/aromatic N) is 3. The lowest BCUT2D eigenvalue weighted by atomic mass is 10.1. The number of rotatable bonds is 6. The van der Waals surface area contributed by atoms with Gasteiger partial charge in [-0.05, 0) is 61.1 Å². The summed E-state index contributed by atoms with van der Waals surface area (Å²) in [5.41, 5.74) is 2.15. The zero-order valence-corrected chi connectivity index (χ0v) is 15.9. The fourth-order valence-corrected chi connectivity index (χ4v) is 3.29. The molecule has 3 rings (SSSR count). The fraction of sp³-hybridized carbons (Fsp3) is 0.429. The molecule has 2 heterocycles. The zero-order chi connectivity index (χ0) is 18.9. The molecule has 144 valence electrons. The van der Waals surface area contributed by atoms with Gasteiger partial charge in [0.1, 0.15) is 11.6 Å². The van der Waals surface area contributed by atoms with Gasteiger partial charge in [0.05, 0.1) is 0 Å². The quantitative estimate of drug-likeness (QED) is 0.607. The average molecular weight is 369 g/mol. The predicted molar refractivity (Wildman–Crippen MR) is 109 cm³/mol. The summed E-state index contributed by atoms with van der Waals surface area (Å²) in [5, 5.41) is 6.61. The van der Waals surface area contributed by atoms with Crippen LogP contribution in [0.3, 0.4) is 0 Å². The maximum Gasteiger partial charge on any atom is 0.191 e. The summed E-state index contributed by atoms with van der Waals surface area (Å²) in [5.74, 6) is 1.60. The Kier molecular flexibility index (Phi) is 7.02. The Morgan fingerprint density at radius 3 is 2.74 bits per heavy atom. The molecule has 1 aliphatic heterocycles.